The van der Waals surface area contributed by atoms with Crippen molar-refractivity contribution in [2.45, 2.75) is 13.8 Å². The van der Waals surface area contributed by atoms with Gasteiger partial charge >= 0.3 is 11.9 Å². The van der Waals surface area contributed by atoms with Crippen molar-refractivity contribution in [2.24, 2.45) is 0 Å². The van der Waals surface area contributed by atoms with Crippen LogP contribution in [0.2, 0.25) is 0 Å². The van der Waals surface area contributed by atoms with Gasteiger partial charge < -0.3 is 9.47 Å². The number of carbonyl (C=O) groups is 2. The summed E-state index contributed by atoms with van der Waals surface area (Å²) in [7, 11) is 0. The van der Waals surface area contributed by atoms with Crippen LogP contribution in [0.3, 0.4) is 0 Å². The van der Waals surface area contributed by atoms with Crippen molar-refractivity contribution in [3.63, 3.8) is 0 Å². The van der Waals surface area contributed by atoms with Crippen LogP contribution in [0, 0.1) is 13.8 Å². The molecule has 4 heteroatoms. The average molecular weight is 296 g/mol. The fourth-order valence-corrected chi connectivity index (χ4v) is 1.89. The van der Waals surface area contributed by atoms with Crippen molar-refractivity contribution in [3.05, 3.63) is 71.8 Å². The highest BCUT2D eigenvalue weighted by molar-refractivity contribution is 5.91. The summed E-state index contributed by atoms with van der Waals surface area (Å²) in [6.45, 7) is 7.17. The molecule has 0 unspecified atom stereocenters. The summed E-state index contributed by atoms with van der Waals surface area (Å²) >= 11 is 0. The predicted octanol–water partition coefficient (Wildman–Crippen LogP) is 3.61. The number of hydrogen-bond donors (Lipinski definition) is 0. The number of ether oxygens (including phenoxy) is 2. The van der Waals surface area contributed by atoms with Crippen LogP contribution in [0.15, 0.2) is 55.1 Å². The molecule has 0 amide bonds. The third kappa shape index (κ3) is 3.82. The molecule has 0 aliphatic carbocycles. The Morgan fingerprint density at radius 1 is 1.00 bits per heavy atom. The summed E-state index contributed by atoms with van der Waals surface area (Å²) in [5, 5.41) is 0. The number of aryl methyl sites for hydroxylation is 2. The molecule has 0 spiro atoms. The SMILES string of the molecule is C=CC(=O)Oc1ccc(C(=O)Oc2ccc(C)cc2C)cc1. The van der Waals surface area contributed by atoms with E-state index in [2.05, 4.69) is 6.58 Å². The van der Waals surface area contributed by atoms with Gasteiger partial charge in [-0.3, -0.25) is 0 Å². The van der Waals surface area contributed by atoms with E-state index in [1.165, 1.54) is 24.3 Å². The Morgan fingerprint density at radius 3 is 2.27 bits per heavy atom. The standard InChI is InChI=1S/C18H16O4/c1-4-17(19)21-15-8-6-14(7-9-15)18(20)22-16-10-5-12(2)11-13(16)3/h4-11H,1H2,2-3H3. The molecule has 0 saturated heterocycles. The molecule has 0 saturated carbocycles. The maximum atomic E-state index is 12.1. The van der Waals surface area contributed by atoms with E-state index >= 15 is 0 Å². The van der Waals surface area contributed by atoms with Gasteiger partial charge in [0.25, 0.3) is 0 Å². The summed E-state index contributed by atoms with van der Waals surface area (Å²) in [5.74, 6) is -0.148. The number of hydrogen-bond acceptors (Lipinski definition) is 4. The van der Waals surface area contributed by atoms with E-state index in [1.54, 1.807) is 6.07 Å². The first-order chi connectivity index (χ1) is 10.5. The Bertz CT molecular complexity index is 714. The summed E-state index contributed by atoms with van der Waals surface area (Å²) < 4.78 is 10.3. The van der Waals surface area contributed by atoms with Crippen LogP contribution >= 0.6 is 0 Å². The lowest BCUT2D eigenvalue weighted by atomic mass is 10.1. The van der Waals surface area contributed by atoms with Gasteiger partial charge in [-0.05, 0) is 49.7 Å². The average Bonchev–Trinajstić information content (AvgIpc) is 2.50. The molecule has 0 atom stereocenters. The van der Waals surface area contributed by atoms with E-state index in [4.69, 9.17) is 9.47 Å². The molecular weight excluding hydrogens is 280 g/mol. The number of esters is 2. The summed E-state index contributed by atoms with van der Waals surface area (Å²) in [4.78, 5) is 23.2. The first-order valence-corrected chi connectivity index (χ1v) is 6.73. The molecule has 4 nitrogen and oxygen atoms in total. The van der Waals surface area contributed by atoms with Gasteiger partial charge in [0.2, 0.25) is 0 Å². The number of benzene rings is 2. The predicted molar refractivity (Wildman–Crippen MR) is 83.1 cm³/mol. The summed E-state index contributed by atoms with van der Waals surface area (Å²) in [6, 6.07) is 11.7. The van der Waals surface area contributed by atoms with Crippen LogP contribution in [0.4, 0.5) is 0 Å². The normalized spacial score (nSPS) is 9.91. The maximum absolute atomic E-state index is 12.1. The van der Waals surface area contributed by atoms with Crippen LogP contribution in [-0.4, -0.2) is 11.9 Å². The van der Waals surface area contributed by atoms with Gasteiger partial charge in [-0.15, -0.1) is 0 Å². The van der Waals surface area contributed by atoms with E-state index in [0.29, 0.717) is 17.1 Å². The summed E-state index contributed by atoms with van der Waals surface area (Å²) in [5.41, 5.74) is 2.37. The van der Waals surface area contributed by atoms with Crippen molar-refractivity contribution >= 4 is 11.9 Å². The molecular formula is C18H16O4. The minimum Gasteiger partial charge on any atom is -0.423 e. The lowest BCUT2D eigenvalue weighted by Gasteiger charge is -2.08. The minimum absolute atomic E-state index is 0.341. The second kappa shape index (κ2) is 6.72. The van der Waals surface area contributed by atoms with Crippen molar-refractivity contribution in [2.75, 3.05) is 0 Å². The molecule has 0 bridgehead atoms. The van der Waals surface area contributed by atoms with Gasteiger partial charge in [-0.25, -0.2) is 9.59 Å². The fraction of sp³-hybridized carbons (Fsp3) is 0.111. The van der Waals surface area contributed by atoms with Crippen molar-refractivity contribution in [1.82, 2.24) is 0 Å². The van der Waals surface area contributed by atoms with Crippen LogP contribution < -0.4 is 9.47 Å². The first kappa shape index (κ1) is 15.5. The van der Waals surface area contributed by atoms with Gasteiger partial charge in [-0.2, -0.15) is 0 Å². The highest BCUT2D eigenvalue weighted by Gasteiger charge is 2.11. The molecule has 2 aromatic carbocycles. The highest BCUT2D eigenvalue weighted by atomic mass is 16.5. The number of rotatable bonds is 4. The first-order valence-electron chi connectivity index (χ1n) is 6.73. The van der Waals surface area contributed by atoms with Crippen LogP contribution in [0.5, 0.6) is 11.5 Å². The minimum atomic E-state index is -0.550. The van der Waals surface area contributed by atoms with Gasteiger partial charge in [0.05, 0.1) is 5.56 Å². The Hall–Kier alpha value is -2.88. The molecule has 2 aromatic rings. The molecule has 0 fully saturated rings. The van der Waals surface area contributed by atoms with E-state index in [-0.39, 0.29) is 0 Å². The van der Waals surface area contributed by atoms with Crippen LogP contribution in [-0.2, 0) is 4.79 Å². The maximum Gasteiger partial charge on any atom is 0.343 e. The lowest BCUT2D eigenvalue weighted by molar-refractivity contribution is -0.128. The van der Waals surface area contributed by atoms with Gasteiger partial charge in [0, 0.05) is 6.08 Å². The van der Waals surface area contributed by atoms with E-state index in [1.807, 2.05) is 26.0 Å². The molecule has 0 heterocycles. The topological polar surface area (TPSA) is 52.6 Å². The van der Waals surface area contributed by atoms with Crippen LogP contribution in [0.1, 0.15) is 21.5 Å². The quantitative estimate of drug-likeness (QED) is 0.491. The van der Waals surface area contributed by atoms with Crippen molar-refractivity contribution in [3.8, 4) is 11.5 Å². The molecule has 0 aromatic heterocycles. The zero-order chi connectivity index (χ0) is 16.1. The second-order valence-electron chi connectivity index (χ2n) is 4.81. The second-order valence-corrected chi connectivity index (χ2v) is 4.81. The third-order valence-electron chi connectivity index (χ3n) is 3.01. The Morgan fingerprint density at radius 2 is 1.68 bits per heavy atom. The van der Waals surface area contributed by atoms with Crippen molar-refractivity contribution in [1.29, 1.82) is 0 Å². The van der Waals surface area contributed by atoms with E-state index in [0.717, 1.165) is 17.2 Å². The van der Waals surface area contributed by atoms with E-state index < -0.39 is 11.9 Å². The summed E-state index contributed by atoms with van der Waals surface area (Å²) in [6.07, 6.45) is 1.07. The largest absolute Gasteiger partial charge is 0.423 e. The van der Waals surface area contributed by atoms with Crippen molar-refractivity contribution < 1.29 is 19.1 Å². The molecule has 0 aliphatic rings. The van der Waals surface area contributed by atoms with E-state index in [9.17, 15) is 9.59 Å². The lowest BCUT2D eigenvalue weighted by Crippen LogP contribution is -2.09. The molecule has 2 rings (SSSR count). The zero-order valence-electron chi connectivity index (χ0n) is 12.5. The molecule has 0 aliphatic heterocycles. The third-order valence-corrected chi connectivity index (χ3v) is 3.01. The van der Waals surface area contributed by atoms with Gasteiger partial charge in [0.1, 0.15) is 11.5 Å². The molecule has 0 radical (unpaired) electrons. The number of carbonyl (C=O) groups excluding carboxylic acids is 2. The molecule has 0 N–H and O–H groups in total. The Kier molecular flexibility index (Phi) is 4.73. The monoisotopic (exact) mass is 296 g/mol. The molecule has 22 heavy (non-hydrogen) atoms. The zero-order valence-corrected chi connectivity index (χ0v) is 12.5. The van der Waals surface area contributed by atoms with Gasteiger partial charge in [0.15, 0.2) is 0 Å². The molecule has 112 valence electrons. The highest BCUT2D eigenvalue weighted by Crippen LogP contribution is 2.21. The fourth-order valence-electron chi connectivity index (χ4n) is 1.89. The Labute approximate surface area is 129 Å². The smallest absolute Gasteiger partial charge is 0.343 e. The van der Waals surface area contributed by atoms with Crippen LogP contribution in [0.25, 0.3) is 0 Å². The van der Waals surface area contributed by atoms with Gasteiger partial charge in [-0.1, -0.05) is 24.3 Å². The Balaban J connectivity index is 2.09.